The summed E-state index contributed by atoms with van der Waals surface area (Å²) in [5.41, 5.74) is -2.90. The molecule has 0 spiro atoms. The van der Waals surface area contributed by atoms with E-state index in [-0.39, 0.29) is 17.2 Å². The predicted molar refractivity (Wildman–Crippen MR) is 130 cm³/mol. The number of aromatic nitrogens is 3. The zero-order valence-electron chi connectivity index (χ0n) is 21.0. The summed E-state index contributed by atoms with van der Waals surface area (Å²) in [5, 5.41) is 49.3. The molecular weight excluding hydrogens is 529 g/mol. The van der Waals surface area contributed by atoms with Crippen molar-refractivity contribution in [3.63, 3.8) is 0 Å². The van der Waals surface area contributed by atoms with Gasteiger partial charge in [-0.15, -0.1) is 16.9 Å². The minimum absolute atomic E-state index is 0.0651. The van der Waals surface area contributed by atoms with Crippen LogP contribution in [0.25, 0.3) is 11.3 Å². The Labute approximate surface area is 221 Å². The van der Waals surface area contributed by atoms with Crippen LogP contribution < -0.4 is 0 Å². The van der Waals surface area contributed by atoms with E-state index in [2.05, 4.69) is 10.3 Å². The van der Waals surface area contributed by atoms with Crippen molar-refractivity contribution in [2.45, 2.75) is 67.3 Å². The van der Waals surface area contributed by atoms with Gasteiger partial charge >= 0.3 is 0 Å². The minimum Gasteiger partial charge on any atom is -0.394 e. The highest BCUT2D eigenvalue weighted by atomic mass is 32.2. The summed E-state index contributed by atoms with van der Waals surface area (Å²) in [6, 6.07) is 0.212. The van der Waals surface area contributed by atoms with Crippen LogP contribution in [-0.4, -0.2) is 101 Å². The van der Waals surface area contributed by atoms with Crippen LogP contribution >= 0.6 is 11.8 Å². The molecule has 14 heteroatoms. The van der Waals surface area contributed by atoms with E-state index in [4.69, 9.17) is 4.74 Å². The maximum Gasteiger partial charge on any atom is 0.238 e. The average Bonchev–Trinajstić information content (AvgIpc) is 3.53. The summed E-state index contributed by atoms with van der Waals surface area (Å²) in [6.07, 6.45) is -0.949. The molecule has 6 atom stereocenters. The van der Waals surface area contributed by atoms with Gasteiger partial charge in [-0.1, -0.05) is 5.21 Å². The van der Waals surface area contributed by atoms with E-state index in [9.17, 15) is 38.4 Å². The molecular formula is C24H31F3N4O6S. The Bertz CT molecular complexity index is 1140. The number of thioether (sulfide) groups is 1. The number of nitrogens with zero attached hydrogens (tertiary/aromatic N) is 4. The van der Waals surface area contributed by atoms with Crippen LogP contribution in [0.1, 0.15) is 32.7 Å². The largest absolute Gasteiger partial charge is 0.394 e. The molecule has 2 fully saturated rings. The fourth-order valence-electron chi connectivity index (χ4n) is 4.39. The number of hydrogen-bond donors (Lipinski definition) is 4. The van der Waals surface area contributed by atoms with Crippen molar-refractivity contribution in [3.8, 4) is 11.3 Å². The number of hydrogen-bond acceptors (Lipinski definition) is 9. The van der Waals surface area contributed by atoms with Crippen molar-refractivity contribution in [2.24, 2.45) is 5.92 Å². The molecule has 1 aromatic heterocycles. The third-order valence-electron chi connectivity index (χ3n) is 6.69. The molecule has 0 unspecified atom stereocenters. The normalized spacial score (nSPS) is 26.8. The molecule has 1 aliphatic carbocycles. The summed E-state index contributed by atoms with van der Waals surface area (Å²) in [4.78, 5) is 14.8. The molecule has 1 amide bonds. The van der Waals surface area contributed by atoms with Gasteiger partial charge in [-0.05, 0) is 44.7 Å². The lowest BCUT2D eigenvalue weighted by Crippen LogP contribution is -2.57. The van der Waals surface area contributed by atoms with Crippen molar-refractivity contribution in [2.75, 3.05) is 20.2 Å². The molecule has 210 valence electrons. The van der Waals surface area contributed by atoms with Gasteiger partial charge in [0.15, 0.2) is 17.5 Å². The lowest BCUT2D eigenvalue weighted by atomic mass is 9.97. The first-order valence-corrected chi connectivity index (χ1v) is 13.1. The quantitative estimate of drug-likeness (QED) is 0.332. The van der Waals surface area contributed by atoms with E-state index in [0.717, 1.165) is 41.4 Å². The first-order chi connectivity index (χ1) is 17.8. The van der Waals surface area contributed by atoms with E-state index in [1.807, 2.05) is 0 Å². The van der Waals surface area contributed by atoms with Gasteiger partial charge in [-0.2, -0.15) is 0 Å². The molecule has 2 aromatic rings. The first kappa shape index (κ1) is 28.8. The van der Waals surface area contributed by atoms with Crippen LogP contribution in [0, 0.1) is 23.4 Å². The minimum atomic E-state index is -1.64. The fraction of sp³-hybridized carbons (Fsp3) is 0.625. The Hall–Kier alpha value is -2.23. The van der Waals surface area contributed by atoms with E-state index in [0.29, 0.717) is 12.5 Å². The zero-order valence-corrected chi connectivity index (χ0v) is 21.9. The maximum atomic E-state index is 13.7. The van der Waals surface area contributed by atoms with Crippen molar-refractivity contribution < 1.29 is 43.1 Å². The van der Waals surface area contributed by atoms with Crippen molar-refractivity contribution in [1.82, 2.24) is 19.9 Å². The van der Waals surface area contributed by atoms with Gasteiger partial charge in [0.2, 0.25) is 5.91 Å². The third-order valence-corrected chi connectivity index (χ3v) is 8.39. The lowest BCUT2D eigenvalue weighted by Gasteiger charge is -2.43. The Balaban J connectivity index is 1.60. The van der Waals surface area contributed by atoms with Crippen molar-refractivity contribution in [3.05, 3.63) is 35.8 Å². The molecule has 1 aliphatic heterocycles. The fourth-order valence-corrected chi connectivity index (χ4v) is 5.82. The standard InChI is InChI=1S/C24H31F3N4O6S/c1-24(2,36)21(22(35)30(3)8-11-4-5-11)38-23-20(34)18(19(33)16(10-32)37-23)31-9-15(28-29-31)12-6-13(25)17(27)14(26)7-12/h6-7,9,11,16,18-21,23,32-34,36H,4-5,8,10H2,1-3H3/t16-,18+,19+,20-,21-,23+/m1/s1. The second-order valence-electron chi connectivity index (χ2n) is 10.4. The number of rotatable bonds is 9. The van der Waals surface area contributed by atoms with Gasteiger partial charge in [0, 0.05) is 19.2 Å². The Morgan fingerprint density at radius 2 is 1.87 bits per heavy atom. The van der Waals surface area contributed by atoms with Gasteiger partial charge in [-0.25, -0.2) is 17.9 Å². The zero-order chi connectivity index (χ0) is 27.9. The Kier molecular flexibility index (Phi) is 8.40. The molecule has 1 saturated carbocycles. The predicted octanol–water partition coefficient (Wildman–Crippen LogP) is 1.08. The van der Waals surface area contributed by atoms with Gasteiger partial charge in [0.1, 0.15) is 40.7 Å². The summed E-state index contributed by atoms with van der Waals surface area (Å²) < 4.78 is 47.6. The summed E-state index contributed by atoms with van der Waals surface area (Å²) in [5.74, 6) is -4.44. The summed E-state index contributed by atoms with van der Waals surface area (Å²) >= 11 is 0.855. The van der Waals surface area contributed by atoms with Gasteiger partial charge < -0.3 is 30.1 Å². The average molecular weight is 561 g/mol. The molecule has 0 radical (unpaired) electrons. The van der Waals surface area contributed by atoms with Crippen LogP contribution in [0.15, 0.2) is 18.3 Å². The Morgan fingerprint density at radius 3 is 2.42 bits per heavy atom. The first-order valence-electron chi connectivity index (χ1n) is 12.1. The number of aliphatic hydroxyl groups excluding tert-OH is 3. The van der Waals surface area contributed by atoms with Gasteiger partial charge in [0.25, 0.3) is 0 Å². The SMILES string of the molecule is CN(CC1CC1)C(=O)[C@@H](S[C@@H]1O[C@H](CO)[C@H](O)[C@H](n2cc(-c3cc(F)c(F)c(F)c3)nn2)[C@H]1O)C(C)(C)O. The topological polar surface area (TPSA) is 141 Å². The molecule has 4 N–H and O–H groups in total. The second-order valence-corrected chi connectivity index (χ2v) is 11.6. The monoisotopic (exact) mass is 560 g/mol. The van der Waals surface area contributed by atoms with Crippen LogP contribution in [0.2, 0.25) is 0 Å². The number of aliphatic hydroxyl groups is 4. The van der Waals surface area contributed by atoms with Gasteiger partial charge in [0.05, 0.1) is 18.4 Å². The molecule has 0 bridgehead atoms. The van der Waals surface area contributed by atoms with Crippen molar-refractivity contribution in [1.29, 1.82) is 0 Å². The van der Waals surface area contributed by atoms with Crippen LogP contribution in [-0.2, 0) is 9.53 Å². The van der Waals surface area contributed by atoms with Gasteiger partial charge in [-0.3, -0.25) is 4.79 Å². The Morgan fingerprint density at radius 1 is 1.24 bits per heavy atom. The number of halogens is 3. The molecule has 38 heavy (non-hydrogen) atoms. The molecule has 1 aromatic carbocycles. The number of ether oxygens (including phenoxy) is 1. The number of amides is 1. The van der Waals surface area contributed by atoms with Crippen molar-refractivity contribution >= 4 is 17.7 Å². The maximum absolute atomic E-state index is 13.7. The smallest absolute Gasteiger partial charge is 0.238 e. The molecule has 2 aliphatic rings. The molecule has 10 nitrogen and oxygen atoms in total. The molecule has 2 heterocycles. The third kappa shape index (κ3) is 6.00. The highest BCUT2D eigenvalue weighted by molar-refractivity contribution is 8.01. The number of benzene rings is 1. The molecule has 1 saturated heterocycles. The van der Waals surface area contributed by atoms with E-state index < -0.39 is 64.7 Å². The highest BCUT2D eigenvalue weighted by Crippen LogP contribution is 2.40. The lowest BCUT2D eigenvalue weighted by molar-refractivity contribution is -0.179. The van der Waals surface area contributed by atoms with Crippen LogP contribution in [0.5, 0.6) is 0 Å². The van der Waals surface area contributed by atoms with E-state index >= 15 is 0 Å². The second kappa shape index (κ2) is 11.1. The highest BCUT2D eigenvalue weighted by Gasteiger charge is 2.49. The summed E-state index contributed by atoms with van der Waals surface area (Å²) in [6.45, 7) is 2.82. The van der Waals surface area contributed by atoms with Crippen LogP contribution in [0.4, 0.5) is 13.2 Å². The van der Waals surface area contributed by atoms with Crippen LogP contribution in [0.3, 0.4) is 0 Å². The number of carbonyl (C=O) groups is 1. The summed E-state index contributed by atoms with van der Waals surface area (Å²) in [7, 11) is 1.64. The molecule has 4 rings (SSSR count). The van der Waals surface area contributed by atoms with E-state index in [1.54, 1.807) is 7.05 Å². The van der Waals surface area contributed by atoms with E-state index in [1.165, 1.54) is 24.9 Å². The number of carbonyl (C=O) groups excluding carboxylic acids is 1.